The van der Waals surface area contributed by atoms with Crippen LogP contribution in [0.15, 0.2) is 83.0 Å². The summed E-state index contributed by atoms with van der Waals surface area (Å²) < 4.78 is 109. The summed E-state index contributed by atoms with van der Waals surface area (Å²) in [5.74, 6) is 0.0992. The first-order valence-corrected chi connectivity index (χ1v) is 27.9. The number of nitrogens with two attached hydrogens (primary N) is 1. The maximum atomic E-state index is 16.5. The number of imidazole rings is 1. The highest BCUT2D eigenvalue weighted by atomic mass is 32.7. The third-order valence-corrected chi connectivity index (χ3v) is 16.6. The number of fused-ring (bicyclic) bond motifs is 3. The molecule has 3 fully saturated rings. The Morgan fingerprint density at radius 3 is 2.11 bits per heavy atom. The van der Waals surface area contributed by atoms with Crippen LogP contribution in [0.1, 0.15) is 99.5 Å². The minimum atomic E-state index is -5.24. The van der Waals surface area contributed by atoms with Gasteiger partial charge in [0.2, 0.25) is 0 Å². The second kappa shape index (κ2) is 23.8. The van der Waals surface area contributed by atoms with Crippen LogP contribution in [-0.4, -0.2) is 96.5 Å². The zero-order valence-corrected chi connectivity index (χ0v) is 41.2. The van der Waals surface area contributed by atoms with Crippen molar-refractivity contribution in [3.05, 3.63) is 105 Å². The normalized spacial score (nSPS) is 27.9. The number of H-pyrrole nitrogens is 1. The Kier molecular flexibility index (Phi) is 17.6. The Bertz CT molecular complexity index is 2810. The minimum Gasteiger partial charge on any atom is -0.494 e. The van der Waals surface area contributed by atoms with Gasteiger partial charge in [-0.2, -0.15) is 0 Å². The molecule has 0 spiro atoms. The largest absolute Gasteiger partial charge is 0.494 e. The van der Waals surface area contributed by atoms with Crippen LogP contribution in [0.3, 0.4) is 0 Å². The van der Waals surface area contributed by atoms with Gasteiger partial charge < -0.3 is 29.6 Å². The van der Waals surface area contributed by atoms with E-state index in [1.54, 1.807) is 36.4 Å². The Morgan fingerprint density at radius 1 is 0.817 bits per heavy atom. The fourth-order valence-corrected chi connectivity index (χ4v) is 12.6. The van der Waals surface area contributed by atoms with Crippen molar-refractivity contribution in [3.63, 3.8) is 0 Å². The van der Waals surface area contributed by atoms with Gasteiger partial charge in [-0.25, -0.2) is 42.5 Å². The number of aromatic nitrogens is 6. The van der Waals surface area contributed by atoms with Crippen molar-refractivity contribution < 1.29 is 64.6 Å². The van der Waals surface area contributed by atoms with E-state index in [1.807, 2.05) is 4.98 Å². The van der Waals surface area contributed by atoms with E-state index in [-0.39, 0.29) is 28.5 Å². The van der Waals surface area contributed by atoms with Crippen LogP contribution in [0, 0.1) is 0 Å². The van der Waals surface area contributed by atoms with Gasteiger partial charge in [-0.3, -0.25) is 37.0 Å². The van der Waals surface area contributed by atoms with Crippen molar-refractivity contribution in [2.45, 2.75) is 126 Å². The number of anilines is 1. The molecule has 6 heterocycles. The van der Waals surface area contributed by atoms with Crippen molar-refractivity contribution in [1.29, 1.82) is 0 Å². The van der Waals surface area contributed by atoms with Gasteiger partial charge in [0.1, 0.15) is 47.8 Å². The maximum Gasteiger partial charge on any atom is 0.472 e. The molecule has 0 aliphatic carbocycles. The number of hydrogen-bond donors (Lipinski definition) is 3. The summed E-state index contributed by atoms with van der Waals surface area (Å²) in [5.41, 5.74) is 5.06. The fourth-order valence-electron chi connectivity index (χ4n) is 8.24. The van der Waals surface area contributed by atoms with Crippen LogP contribution in [0.2, 0.25) is 0 Å². The van der Waals surface area contributed by atoms with E-state index in [1.165, 1.54) is 69.8 Å². The zero-order chi connectivity index (χ0) is 50.1. The number of halogens is 2. The standard InChI is InChI=1S/C45H55F2N7O14P2S/c1-2-3-4-5-6-7-8-9-10-11-22-61-30-18-14-29(15-19-30)44(56)64-31-16-12-28(13-17-31)25-71-70(60)63-24-33-38(35(46)43(66-33)54-27-51-37-40(48)49-26-50-41(37)54)67-69(58,59)62-23-32-39(68-70)36(47)42(65-32)53-21-20-34(55)52-45(53)57/h12-21,26-27,32-33,35-36,38-39,42-43H,2-11,22-25H2,1H3,(H,58,59)(H2,48,49,50)(H,52,55,57). The summed E-state index contributed by atoms with van der Waals surface area (Å²) >= 11 is 0.597. The number of esters is 1. The Balaban J connectivity index is 0.926. The number of rotatable bonds is 19. The van der Waals surface area contributed by atoms with E-state index in [0.717, 1.165) is 36.0 Å². The van der Waals surface area contributed by atoms with E-state index in [4.69, 9.17) is 42.8 Å². The summed E-state index contributed by atoms with van der Waals surface area (Å²) in [6.45, 7) is -3.62. The smallest absolute Gasteiger partial charge is 0.472 e. The Labute approximate surface area is 409 Å². The number of hydrogen-bond acceptors (Lipinski definition) is 18. The molecule has 3 aliphatic rings. The first-order chi connectivity index (χ1) is 34.2. The van der Waals surface area contributed by atoms with Gasteiger partial charge >= 0.3 is 26.3 Å². The first kappa shape index (κ1) is 52.5. The number of benzene rings is 2. The number of phosphoric acid groups is 1. The summed E-state index contributed by atoms with van der Waals surface area (Å²) in [4.78, 5) is 62.5. The predicted octanol–water partition coefficient (Wildman–Crippen LogP) is 7.91. The van der Waals surface area contributed by atoms with Gasteiger partial charge in [-0.15, -0.1) is 0 Å². The molecule has 3 aliphatic heterocycles. The number of unbranched alkanes of at least 4 members (excludes halogenated alkanes) is 9. The molecule has 5 aromatic rings. The van der Waals surface area contributed by atoms with E-state index in [2.05, 4.69) is 21.9 Å². The number of aromatic amines is 1. The predicted molar refractivity (Wildman–Crippen MR) is 254 cm³/mol. The number of alkyl halides is 2. The molecule has 3 aromatic heterocycles. The molecule has 384 valence electrons. The molecule has 4 N–H and O–H groups in total. The third-order valence-electron chi connectivity index (χ3n) is 12.0. The van der Waals surface area contributed by atoms with Crippen LogP contribution in [0.25, 0.3) is 11.2 Å². The average molecular weight is 1050 g/mol. The maximum absolute atomic E-state index is 16.5. The number of nitrogens with one attached hydrogen (secondary N) is 1. The molecular weight excluding hydrogens is 995 g/mol. The second-order valence-corrected chi connectivity index (χ2v) is 22.6. The molecule has 0 saturated carbocycles. The number of nitrogens with zero attached hydrogens (tertiary/aromatic N) is 5. The number of phosphoric ester groups is 1. The van der Waals surface area contributed by atoms with Crippen LogP contribution < -0.4 is 26.5 Å². The van der Waals surface area contributed by atoms with Crippen molar-refractivity contribution >= 4 is 49.0 Å². The van der Waals surface area contributed by atoms with Crippen LogP contribution in [-0.2, 0) is 42.5 Å². The fraction of sp³-hybridized carbons (Fsp3) is 0.511. The highest BCUT2D eigenvalue weighted by molar-refractivity contribution is 8.54. The van der Waals surface area contributed by atoms with Crippen LogP contribution in [0.4, 0.5) is 14.6 Å². The number of carbonyl (C=O) groups excluding carboxylic acids is 1. The minimum absolute atomic E-state index is 0.0137. The van der Waals surface area contributed by atoms with Crippen molar-refractivity contribution in [3.8, 4) is 11.5 Å². The monoisotopic (exact) mass is 1050 g/mol. The van der Waals surface area contributed by atoms with E-state index >= 15 is 8.78 Å². The molecule has 2 aromatic carbocycles. The van der Waals surface area contributed by atoms with Gasteiger partial charge in [0, 0.05) is 18.0 Å². The van der Waals surface area contributed by atoms with Gasteiger partial charge in [-0.05, 0) is 59.8 Å². The molecule has 3 saturated heterocycles. The highest BCUT2D eigenvalue weighted by Crippen LogP contribution is 2.65. The molecule has 21 nitrogen and oxygen atoms in total. The van der Waals surface area contributed by atoms with Gasteiger partial charge in [-0.1, -0.05) is 76.8 Å². The van der Waals surface area contributed by atoms with E-state index in [0.29, 0.717) is 39.4 Å². The molecule has 10 atom stereocenters. The number of ether oxygens (including phenoxy) is 4. The zero-order valence-electron chi connectivity index (χ0n) is 38.6. The van der Waals surface area contributed by atoms with Crippen molar-refractivity contribution in [2.24, 2.45) is 0 Å². The summed E-state index contributed by atoms with van der Waals surface area (Å²) in [6, 6.07) is 13.8. The van der Waals surface area contributed by atoms with Crippen molar-refractivity contribution in [1.82, 2.24) is 29.1 Å². The quantitative estimate of drug-likeness (QED) is 0.0307. The van der Waals surface area contributed by atoms with Gasteiger partial charge in [0.05, 0.1) is 31.7 Å². The second-order valence-electron chi connectivity index (χ2n) is 17.1. The van der Waals surface area contributed by atoms with Crippen LogP contribution in [0.5, 0.6) is 11.5 Å². The molecule has 8 rings (SSSR count). The molecule has 26 heteroatoms. The van der Waals surface area contributed by atoms with E-state index in [9.17, 15) is 28.4 Å². The van der Waals surface area contributed by atoms with Crippen LogP contribution >= 0.6 is 26.0 Å². The number of nitrogen functional groups attached to an aromatic ring is 1. The Hall–Kier alpha value is -4.87. The van der Waals surface area contributed by atoms with Gasteiger partial charge in [0.25, 0.3) is 5.56 Å². The topological polar surface area (TPSA) is 270 Å². The summed E-state index contributed by atoms with van der Waals surface area (Å²) in [5, 5.41) is 0. The number of carbonyl (C=O) groups is 1. The Morgan fingerprint density at radius 2 is 1.44 bits per heavy atom. The lowest BCUT2D eigenvalue weighted by atomic mass is 10.1. The molecule has 0 amide bonds. The van der Waals surface area contributed by atoms with Gasteiger partial charge in [0.15, 0.2) is 36.3 Å². The average Bonchev–Trinajstić information content (AvgIpc) is 4.01. The summed E-state index contributed by atoms with van der Waals surface area (Å²) in [6.07, 6.45) is 0.470. The van der Waals surface area contributed by atoms with E-state index < -0.39 is 94.3 Å². The molecule has 71 heavy (non-hydrogen) atoms. The molecule has 0 radical (unpaired) electrons. The molecule has 10 unspecified atom stereocenters. The molecule has 0 bridgehead atoms. The lowest BCUT2D eigenvalue weighted by molar-refractivity contribution is -0.0619. The lowest BCUT2D eigenvalue weighted by Crippen LogP contribution is -2.38. The highest BCUT2D eigenvalue weighted by Gasteiger charge is 2.55. The third kappa shape index (κ3) is 13.2. The SMILES string of the molecule is CCCCCCCCCCCCOc1ccc(C(=O)Oc2ccc(CSP3(=O)OCC4OC(n5cnc6c(N)ncnc65)C(F)C4OP(=O)(O)OCC4OC(n5ccc(=O)[nH]c5=O)C(F)C4O3)cc2)cc1. The molecular formula is C45H55F2N7O14P2S. The lowest BCUT2D eigenvalue weighted by Gasteiger charge is -2.29. The first-order valence-electron chi connectivity index (χ1n) is 23.3. The summed E-state index contributed by atoms with van der Waals surface area (Å²) in [7, 11) is -5.24. The van der Waals surface area contributed by atoms with Crippen molar-refractivity contribution in [2.75, 3.05) is 25.6 Å².